The lowest BCUT2D eigenvalue weighted by atomic mass is 10.1. The van der Waals surface area contributed by atoms with Gasteiger partial charge in [-0.2, -0.15) is 5.26 Å². The largest absolute Gasteiger partial charge is 0.466 e. The third-order valence-electron chi connectivity index (χ3n) is 2.23. The molecule has 0 aliphatic carbocycles. The van der Waals surface area contributed by atoms with E-state index in [1.54, 1.807) is 18.5 Å². The maximum absolute atomic E-state index is 11.3. The van der Waals surface area contributed by atoms with Crippen LogP contribution in [0.25, 0.3) is 0 Å². The minimum Gasteiger partial charge on any atom is -0.466 e. The standard InChI is InChI=1S/C11H14N2O2/c1-4-15-11(14)5-9-8(2)7-13(3)10(9)6-12/h7H,4-5H2,1-3H3. The number of nitrogens with zero attached hydrogens (tertiary/aromatic N) is 2. The summed E-state index contributed by atoms with van der Waals surface area (Å²) in [6.45, 7) is 4.02. The summed E-state index contributed by atoms with van der Waals surface area (Å²) in [5.41, 5.74) is 2.24. The molecule has 0 amide bonds. The van der Waals surface area contributed by atoms with E-state index in [1.807, 2.05) is 13.1 Å². The van der Waals surface area contributed by atoms with Crippen LogP contribution in [-0.4, -0.2) is 17.1 Å². The molecule has 4 nitrogen and oxygen atoms in total. The summed E-state index contributed by atoms with van der Waals surface area (Å²) in [5, 5.41) is 8.93. The van der Waals surface area contributed by atoms with Gasteiger partial charge in [-0.25, -0.2) is 0 Å². The molecule has 0 saturated carbocycles. The molecule has 0 aliphatic heterocycles. The number of aryl methyl sites for hydroxylation is 2. The first-order valence-corrected chi connectivity index (χ1v) is 4.80. The minimum absolute atomic E-state index is 0.170. The molecule has 0 radical (unpaired) electrons. The zero-order chi connectivity index (χ0) is 11.4. The van der Waals surface area contributed by atoms with Gasteiger partial charge in [-0.3, -0.25) is 4.79 Å². The first-order valence-electron chi connectivity index (χ1n) is 4.80. The van der Waals surface area contributed by atoms with Crippen LogP contribution in [0, 0.1) is 18.3 Å². The van der Waals surface area contributed by atoms with E-state index in [0.717, 1.165) is 11.1 Å². The molecule has 1 aromatic rings. The fourth-order valence-corrected chi connectivity index (χ4v) is 1.56. The van der Waals surface area contributed by atoms with Crippen molar-refractivity contribution < 1.29 is 9.53 Å². The summed E-state index contributed by atoms with van der Waals surface area (Å²) >= 11 is 0. The van der Waals surface area contributed by atoms with Crippen LogP contribution in [0.4, 0.5) is 0 Å². The Morgan fingerprint density at radius 2 is 2.33 bits per heavy atom. The molecule has 0 bridgehead atoms. The van der Waals surface area contributed by atoms with Gasteiger partial charge < -0.3 is 9.30 Å². The van der Waals surface area contributed by atoms with Crippen molar-refractivity contribution in [2.24, 2.45) is 7.05 Å². The number of hydrogen-bond acceptors (Lipinski definition) is 3. The molecule has 0 N–H and O–H groups in total. The zero-order valence-corrected chi connectivity index (χ0v) is 9.20. The van der Waals surface area contributed by atoms with Gasteiger partial charge >= 0.3 is 5.97 Å². The number of hydrogen-bond donors (Lipinski definition) is 0. The molecule has 4 heteroatoms. The number of nitriles is 1. The first kappa shape index (κ1) is 11.3. The number of rotatable bonds is 3. The molecule has 80 valence electrons. The van der Waals surface area contributed by atoms with Gasteiger partial charge in [0.2, 0.25) is 0 Å². The van der Waals surface area contributed by atoms with E-state index in [0.29, 0.717) is 12.3 Å². The number of ether oxygens (including phenoxy) is 1. The second-order valence-corrected chi connectivity index (χ2v) is 3.34. The second-order valence-electron chi connectivity index (χ2n) is 3.34. The van der Waals surface area contributed by atoms with Crippen molar-refractivity contribution in [1.29, 1.82) is 5.26 Å². The number of esters is 1. The maximum Gasteiger partial charge on any atom is 0.310 e. The van der Waals surface area contributed by atoms with E-state index < -0.39 is 0 Å². The van der Waals surface area contributed by atoms with Gasteiger partial charge in [0.25, 0.3) is 0 Å². The summed E-state index contributed by atoms with van der Waals surface area (Å²) < 4.78 is 6.58. The maximum atomic E-state index is 11.3. The molecular weight excluding hydrogens is 192 g/mol. The highest BCUT2D eigenvalue weighted by molar-refractivity contribution is 5.74. The Morgan fingerprint density at radius 1 is 1.67 bits per heavy atom. The predicted octanol–water partition coefficient (Wildman–Crippen LogP) is 1.31. The topological polar surface area (TPSA) is 55.0 Å². The molecule has 1 rings (SSSR count). The van der Waals surface area contributed by atoms with Crippen LogP contribution in [0.2, 0.25) is 0 Å². The Labute approximate surface area is 89.1 Å². The highest BCUT2D eigenvalue weighted by atomic mass is 16.5. The van der Waals surface area contributed by atoms with Gasteiger partial charge in [-0.15, -0.1) is 0 Å². The summed E-state index contributed by atoms with van der Waals surface area (Å²) in [7, 11) is 1.79. The zero-order valence-electron chi connectivity index (χ0n) is 9.20. The molecule has 1 aromatic heterocycles. The second kappa shape index (κ2) is 4.65. The lowest BCUT2D eigenvalue weighted by Gasteiger charge is -2.02. The van der Waals surface area contributed by atoms with E-state index in [9.17, 15) is 4.79 Å². The van der Waals surface area contributed by atoms with Crippen molar-refractivity contribution in [3.8, 4) is 6.07 Å². The Balaban J connectivity index is 2.94. The molecule has 15 heavy (non-hydrogen) atoms. The van der Waals surface area contributed by atoms with Crippen molar-refractivity contribution in [2.45, 2.75) is 20.3 Å². The van der Waals surface area contributed by atoms with Crippen LogP contribution in [-0.2, 0) is 23.0 Å². The highest BCUT2D eigenvalue weighted by Crippen LogP contribution is 2.16. The third-order valence-corrected chi connectivity index (χ3v) is 2.23. The molecule has 0 aliphatic rings. The van der Waals surface area contributed by atoms with Crippen molar-refractivity contribution in [3.05, 3.63) is 23.0 Å². The highest BCUT2D eigenvalue weighted by Gasteiger charge is 2.14. The minimum atomic E-state index is -0.289. The summed E-state index contributed by atoms with van der Waals surface area (Å²) in [6.07, 6.45) is 2.01. The van der Waals surface area contributed by atoms with E-state index in [4.69, 9.17) is 10.00 Å². The molecular formula is C11H14N2O2. The fourth-order valence-electron chi connectivity index (χ4n) is 1.56. The molecule has 1 heterocycles. The van der Waals surface area contributed by atoms with Crippen molar-refractivity contribution in [3.63, 3.8) is 0 Å². The van der Waals surface area contributed by atoms with E-state index in [1.165, 1.54) is 0 Å². The Kier molecular flexibility index (Phi) is 3.51. The van der Waals surface area contributed by atoms with Crippen molar-refractivity contribution in [1.82, 2.24) is 4.57 Å². The predicted molar refractivity (Wildman–Crippen MR) is 55.2 cm³/mol. The van der Waals surface area contributed by atoms with Crippen molar-refractivity contribution >= 4 is 5.97 Å². The van der Waals surface area contributed by atoms with Crippen LogP contribution in [0.1, 0.15) is 23.7 Å². The number of carbonyl (C=O) groups excluding carboxylic acids is 1. The van der Waals surface area contributed by atoms with Crippen molar-refractivity contribution in [2.75, 3.05) is 6.61 Å². The molecule has 0 unspecified atom stereocenters. The Hall–Kier alpha value is -1.76. The molecule has 0 aromatic carbocycles. The fraction of sp³-hybridized carbons (Fsp3) is 0.455. The van der Waals surface area contributed by atoms with Gasteiger partial charge in [0.15, 0.2) is 0 Å². The van der Waals surface area contributed by atoms with E-state index >= 15 is 0 Å². The average Bonchev–Trinajstić information content (AvgIpc) is 2.42. The quantitative estimate of drug-likeness (QED) is 0.701. The van der Waals surface area contributed by atoms with Crippen LogP contribution in [0.5, 0.6) is 0 Å². The SMILES string of the molecule is CCOC(=O)Cc1c(C)cn(C)c1C#N. The van der Waals surface area contributed by atoms with Gasteiger partial charge in [0, 0.05) is 18.8 Å². The molecule has 0 spiro atoms. The monoisotopic (exact) mass is 206 g/mol. The number of carbonyl (C=O) groups is 1. The van der Waals surface area contributed by atoms with Crippen LogP contribution in [0.15, 0.2) is 6.20 Å². The van der Waals surface area contributed by atoms with Crippen LogP contribution < -0.4 is 0 Å². The van der Waals surface area contributed by atoms with E-state index in [2.05, 4.69) is 6.07 Å². The summed E-state index contributed by atoms with van der Waals surface area (Å²) in [4.78, 5) is 11.3. The van der Waals surface area contributed by atoms with Crippen LogP contribution in [0.3, 0.4) is 0 Å². The Morgan fingerprint density at radius 3 is 2.87 bits per heavy atom. The molecule has 0 fully saturated rings. The molecule has 0 atom stereocenters. The lowest BCUT2D eigenvalue weighted by molar-refractivity contribution is -0.142. The van der Waals surface area contributed by atoms with Crippen LogP contribution >= 0.6 is 0 Å². The van der Waals surface area contributed by atoms with Gasteiger partial charge in [0.1, 0.15) is 11.8 Å². The lowest BCUT2D eigenvalue weighted by Crippen LogP contribution is -2.09. The van der Waals surface area contributed by atoms with Gasteiger partial charge in [0.05, 0.1) is 13.0 Å². The van der Waals surface area contributed by atoms with Gasteiger partial charge in [-0.1, -0.05) is 0 Å². The first-order chi connectivity index (χ1) is 7.10. The smallest absolute Gasteiger partial charge is 0.310 e. The van der Waals surface area contributed by atoms with E-state index in [-0.39, 0.29) is 12.4 Å². The normalized spacial score (nSPS) is 9.73. The average molecular weight is 206 g/mol. The van der Waals surface area contributed by atoms with Gasteiger partial charge in [-0.05, 0) is 19.4 Å². The number of aromatic nitrogens is 1. The Bertz CT molecular complexity index is 413. The summed E-state index contributed by atoms with van der Waals surface area (Å²) in [5.74, 6) is -0.289. The molecule has 0 saturated heterocycles. The third kappa shape index (κ3) is 2.38. The summed E-state index contributed by atoms with van der Waals surface area (Å²) in [6, 6.07) is 2.09.